The Morgan fingerprint density at radius 2 is 1.97 bits per heavy atom. The average molecular weight is 528 g/mol. The number of hydrogen-bond acceptors (Lipinski definition) is 9. The van der Waals surface area contributed by atoms with E-state index in [-0.39, 0.29) is 23.4 Å². The number of hydrogen-bond donors (Lipinski definition) is 6. The van der Waals surface area contributed by atoms with E-state index in [9.17, 15) is 24.6 Å². The van der Waals surface area contributed by atoms with E-state index < -0.39 is 36.4 Å². The van der Waals surface area contributed by atoms with Gasteiger partial charge < -0.3 is 45.5 Å². The van der Waals surface area contributed by atoms with E-state index in [2.05, 4.69) is 5.32 Å². The highest BCUT2D eigenvalue weighted by atomic mass is 35.5. The van der Waals surface area contributed by atoms with Gasteiger partial charge >= 0.3 is 11.9 Å². The van der Waals surface area contributed by atoms with Crippen molar-refractivity contribution in [1.29, 1.82) is 0 Å². The largest absolute Gasteiger partial charge is 0.479 e. The van der Waals surface area contributed by atoms with Crippen LogP contribution in [-0.4, -0.2) is 93.8 Å². The minimum absolute atomic E-state index is 0.155. The van der Waals surface area contributed by atoms with Crippen LogP contribution in [-0.2, 0) is 14.3 Å². The first kappa shape index (κ1) is 27.7. The van der Waals surface area contributed by atoms with E-state index in [1.807, 2.05) is 4.90 Å². The maximum Gasteiger partial charge on any atom is 0.336 e. The van der Waals surface area contributed by atoms with Gasteiger partial charge in [0.15, 0.2) is 12.2 Å². The maximum atomic E-state index is 12.8. The van der Waals surface area contributed by atoms with Crippen LogP contribution in [0.3, 0.4) is 0 Å². The zero-order valence-electron chi connectivity index (χ0n) is 19.6. The second-order valence-electron chi connectivity index (χ2n) is 9.26. The summed E-state index contributed by atoms with van der Waals surface area (Å²) in [6.07, 6.45) is -1.32. The average Bonchev–Trinajstić information content (AvgIpc) is 3.30. The number of β-amino-alcohol motifs (C(OH)–C–C–N with tert-alkyl or cyclic N) is 1. The first-order chi connectivity index (χ1) is 16.9. The number of benzene rings is 1. The van der Waals surface area contributed by atoms with Crippen molar-refractivity contribution in [3.63, 3.8) is 0 Å². The number of aliphatic carboxylic acids is 2. The molecule has 1 aliphatic heterocycles. The van der Waals surface area contributed by atoms with Gasteiger partial charge in [-0.3, -0.25) is 4.79 Å². The highest BCUT2D eigenvalue weighted by molar-refractivity contribution is 6.35. The van der Waals surface area contributed by atoms with Gasteiger partial charge in [0, 0.05) is 18.5 Å². The molecule has 0 bridgehead atoms. The lowest BCUT2D eigenvalue weighted by atomic mass is 9.95. The minimum atomic E-state index is -2.25. The molecule has 1 aliphatic rings. The van der Waals surface area contributed by atoms with Crippen LogP contribution in [0.15, 0.2) is 22.8 Å². The number of nitrogen functional groups attached to an aromatic ring is 1. The molecule has 0 aliphatic carbocycles. The molecule has 3 atom stereocenters. The molecule has 1 aromatic carbocycles. The Balaban J connectivity index is 1.47. The SMILES string of the molecule is CC(O)(COC(C(=O)O)C(O)C(=O)O)CN1CCC(CNC(=O)c2cc(Cl)c(N)c3ccoc23)CC1. The predicted octanol–water partition coefficient (Wildman–Crippen LogP) is 0.777. The predicted molar refractivity (Wildman–Crippen MR) is 129 cm³/mol. The first-order valence-corrected chi connectivity index (χ1v) is 11.7. The van der Waals surface area contributed by atoms with Crippen LogP contribution in [0.25, 0.3) is 11.0 Å². The number of anilines is 1. The summed E-state index contributed by atoms with van der Waals surface area (Å²) in [5.41, 5.74) is 5.48. The van der Waals surface area contributed by atoms with E-state index in [0.29, 0.717) is 41.9 Å². The molecule has 1 saturated heterocycles. The molecule has 1 amide bonds. The molecular formula is C23H30ClN3O9. The van der Waals surface area contributed by atoms with Crippen LogP contribution >= 0.6 is 11.6 Å². The molecule has 36 heavy (non-hydrogen) atoms. The molecule has 12 nitrogen and oxygen atoms in total. The molecule has 2 aromatic rings. The monoisotopic (exact) mass is 527 g/mol. The Bertz CT molecular complexity index is 1110. The molecule has 7 N–H and O–H groups in total. The van der Waals surface area contributed by atoms with Gasteiger partial charge in [-0.2, -0.15) is 0 Å². The molecule has 0 radical (unpaired) electrons. The van der Waals surface area contributed by atoms with E-state index >= 15 is 0 Å². The van der Waals surface area contributed by atoms with Crippen LogP contribution in [0, 0.1) is 5.92 Å². The third kappa shape index (κ3) is 6.65. The summed E-state index contributed by atoms with van der Waals surface area (Å²) in [4.78, 5) is 36.8. The number of ether oxygens (including phenoxy) is 1. The lowest BCUT2D eigenvalue weighted by Gasteiger charge is -2.37. The van der Waals surface area contributed by atoms with Gasteiger partial charge in [0.25, 0.3) is 5.91 Å². The summed E-state index contributed by atoms with van der Waals surface area (Å²) < 4.78 is 10.4. The van der Waals surface area contributed by atoms with E-state index in [1.165, 1.54) is 19.3 Å². The summed E-state index contributed by atoms with van der Waals surface area (Å²) in [5.74, 6) is -3.50. The van der Waals surface area contributed by atoms with Crippen molar-refractivity contribution in [2.45, 2.75) is 37.6 Å². The summed E-state index contributed by atoms with van der Waals surface area (Å²) in [5, 5.41) is 41.8. The fraction of sp³-hybridized carbons (Fsp3) is 0.522. The van der Waals surface area contributed by atoms with Crippen molar-refractivity contribution in [1.82, 2.24) is 10.2 Å². The van der Waals surface area contributed by atoms with Crippen LogP contribution in [0.5, 0.6) is 0 Å². The summed E-state index contributed by atoms with van der Waals surface area (Å²) in [7, 11) is 0. The van der Waals surface area contributed by atoms with Crippen molar-refractivity contribution in [2.75, 3.05) is 38.5 Å². The summed E-state index contributed by atoms with van der Waals surface area (Å²) in [6, 6.07) is 3.13. The standard InChI is InChI=1S/C23H30ClN3O9/c1-23(34,11-36-19(22(32)33)17(28)21(30)31)10-27-5-2-12(3-6-27)9-26-20(29)14-8-15(24)16(25)13-4-7-35-18(13)14/h4,7-8,12,17,19,28,34H,2-3,5-6,9-11,25H2,1H3,(H,26,29)(H,30,31)(H,32,33). The molecule has 0 saturated carbocycles. The zero-order chi connectivity index (χ0) is 26.6. The lowest BCUT2D eigenvalue weighted by molar-refractivity contribution is -0.177. The molecule has 13 heteroatoms. The third-order valence-corrected chi connectivity index (χ3v) is 6.47. The zero-order valence-corrected chi connectivity index (χ0v) is 20.4. The number of carbonyl (C=O) groups excluding carboxylic acids is 1. The lowest BCUT2D eigenvalue weighted by Crippen LogP contribution is -2.50. The fourth-order valence-corrected chi connectivity index (χ4v) is 4.41. The molecule has 2 heterocycles. The number of nitrogens with two attached hydrogens (primary N) is 1. The van der Waals surface area contributed by atoms with Gasteiger partial charge in [-0.15, -0.1) is 0 Å². The highest BCUT2D eigenvalue weighted by Gasteiger charge is 2.36. The molecule has 198 valence electrons. The fourth-order valence-electron chi connectivity index (χ4n) is 4.20. The van der Waals surface area contributed by atoms with Gasteiger partial charge in [-0.25, -0.2) is 9.59 Å². The van der Waals surface area contributed by atoms with Gasteiger partial charge in [0.2, 0.25) is 0 Å². The number of aliphatic hydroxyl groups is 2. The number of fused-ring (bicyclic) bond motifs is 1. The van der Waals surface area contributed by atoms with E-state index in [0.717, 1.165) is 12.8 Å². The van der Waals surface area contributed by atoms with Crippen molar-refractivity contribution in [3.8, 4) is 0 Å². The van der Waals surface area contributed by atoms with Crippen molar-refractivity contribution in [3.05, 3.63) is 29.0 Å². The summed E-state index contributed by atoms with van der Waals surface area (Å²) in [6.45, 7) is 2.79. The Hall–Kier alpha value is -2.90. The number of halogens is 1. The molecule has 0 spiro atoms. The maximum absolute atomic E-state index is 12.8. The first-order valence-electron chi connectivity index (χ1n) is 11.3. The number of piperidine rings is 1. The van der Waals surface area contributed by atoms with Gasteiger partial charge in [-0.05, 0) is 50.9 Å². The Labute approximate surface area is 211 Å². The van der Waals surface area contributed by atoms with Gasteiger partial charge in [0.1, 0.15) is 5.58 Å². The van der Waals surface area contributed by atoms with Crippen molar-refractivity contribution in [2.24, 2.45) is 5.92 Å². The number of nitrogens with zero attached hydrogens (tertiary/aromatic N) is 1. The molecule has 1 fully saturated rings. The smallest absolute Gasteiger partial charge is 0.336 e. The molecular weight excluding hydrogens is 498 g/mol. The quantitative estimate of drug-likeness (QED) is 0.226. The van der Waals surface area contributed by atoms with Crippen LogP contribution in [0.1, 0.15) is 30.1 Å². The van der Waals surface area contributed by atoms with Crippen molar-refractivity contribution < 1.29 is 44.0 Å². The third-order valence-electron chi connectivity index (χ3n) is 6.15. The molecule has 3 unspecified atom stereocenters. The van der Waals surface area contributed by atoms with Crippen molar-refractivity contribution >= 4 is 46.1 Å². The van der Waals surface area contributed by atoms with Crippen LogP contribution in [0.2, 0.25) is 5.02 Å². The number of amides is 1. The number of rotatable bonds is 11. The number of nitrogens with one attached hydrogen (secondary N) is 1. The Morgan fingerprint density at radius 3 is 2.58 bits per heavy atom. The molecule has 1 aromatic heterocycles. The Kier molecular flexibility index (Phi) is 8.80. The molecule has 3 rings (SSSR count). The Morgan fingerprint density at radius 1 is 1.31 bits per heavy atom. The minimum Gasteiger partial charge on any atom is -0.479 e. The summed E-state index contributed by atoms with van der Waals surface area (Å²) >= 11 is 6.15. The van der Waals surface area contributed by atoms with E-state index in [1.54, 1.807) is 6.07 Å². The van der Waals surface area contributed by atoms with E-state index in [4.69, 9.17) is 36.7 Å². The van der Waals surface area contributed by atoms with Gasteiger partial charge in [-0.1, -0.05) is 11.6 Å². The number of aliphatic hydroxyl groups excluding tert-OH is 1. The number of carboxylic acids is 2. The van der Waals surface area contributed by atoms with Crippen LogP contribution < -0.4 is 11.1 Å². The number of likely N-dealkylation sites (tertiary alicyclic amines) is 1. The van der Waals surface area contributed by atoms with Gasteiger partial charge in [0.05, 0.1) is 34.7 Å². The normalized spacial score (nSPS) is 18.4. The topological polar surface area (TPSA) is 196 Å². The number of furan rings is 1. The second-order valence-corrected chi connectivity index (χ2v) is 9.67. The number of carbonyl (C=O) groups is 3. The van der Waals surface area contributed by atoms with Crippen LogP contribution in [0.4, 0.5) is 5.69 Å². The second kappa shape index (κ2) is 11.4. The highest BCUT2D eigenvalue weighted by Crippen LogP contribution is 2.32. The number of carboxylic acid groups (broad SMARTS) is 2.